The molecule has 46 heavy (non-hydrogen) atoms. The minimum absolute atomic E-state index is 0.0865. The molecule has 6 heterocycles. The minimum atomic E-state index is -0.639. The van der Waals surface area contributed by atoms with Crippen LogP contribution < -0.4 is 15.0 Å². The molecule has 0 saturated carbocycles. The van der Waals surface area contributed by atoms with Crippen molar-refractivity contribution in [2.45, 2.75) is 50.6 Å². The second-order valence-corrected chi connectivity index (χ2v) is 13.2. The van der Waals surface area contributed by atoms with E-state index in [4.69, 9.17) is 24.2 Å². The fourth-order valence-corrected chi connectivity index (χ4v) is 7.79. The summed E-state index contributed by atoms with van der Waals surface area (Å²) in [5.41, 5.74) is 3.53. The van der Waals surface area contributed by atoms with Crippen molar-refractivity contribution in [2.24, 2.45) is 11.8 Å². The van der Waals surface area contributed by atoms with E-state index in [1.165, 1.54) is 5.56 Å². The van der Waals surface area contributed by atoms with Crippen LogP contribution in [0.2, 0.25) is 0 Å². The first-order chi connectivity index (χ1) is 22.4. The van der Waals surface area contributed by atoms with Gasteiger partial charge in [-0.15, -0.1) is 0 Å². The van der Waals surface area contributed by atoms with Crippen LogP contribution in [0.15, 0.2) is 42.6 Å². The number of nitrogens with one attached hydrogen (secondary N) is 1. The number of fused-ring (bicyclic) bond motifs is 3. The smallest absolute Gasteiger partial charge is 0.255 e. The topological polar surface area (TPSA) is 126 Å². The molecule has 12 heteroatoms. The second kappa shape index (κ2) is 11.9. The lowest BCUT2D eigenvalue weighted by atomic mass is 10.0. The quantitative estimate of drug-likeness (QED) is 0.372. The molecule has 4 saturated heterocycles. The molecule has 0 unspecified atom stereocenters. The van der Waals surface area contributed by atoms with Crippen LogP contribution in [-0.2, 0) is 32.2 Å². The second-order valence-electron chi connectivity index (χ2n) is 13.2. The van der Waals surface area contributed by atoms with Crippen molar-refractivity contribution in [2.75, 3.05) is 51.4 Å². The Bertz CT molecular complexity index is 1690. The Labute approximate surface area is 267 Å². The molecule has 5 aliphatic rings. The molecule has 0 aliphatic carbocycles. The first kappa shape index (κ1) is 29.3. The van der Waals surface area contributed by atoms with Crippen molar-refractivity contribution >= 4 is 34.6 Å². The zero-order chi connectivity index (χ0) is 31.4. The van der Waals surface area contributed by atoms with Crippen LogP contribution in [0.25, 0.3) is 10.9 Å². The molecule has 4 fully saturated rings. The molecule has 12 nitrogen and oxygen atoms in total. The molecule has 3 amide bonds. The third kappa shape index (κ3) is 5.48. The number of imide groups is 1. The summed E-state index contributed by atoms with van der Waals surface area (Å²) >= 11 is 0. The molecular weight excluding hydrogens is 588 g/mol. The molecule has 2 aromatic carbocycles. The molecule has 0 bridgehead atoms. The third-order valence-corrected chi connectivity index (χ3v) is 10.1. The number of aromatic nitrogens is 2. The molecule has 3 aromatic rings. The minimum Gasteiger partial charge on any atom is -0.489 e. The molecule has 240 valence electrons. The van der Waals surface area contributed by atoms with Crippen LogP contribution in [0.4, 0.5) is 5.95 Å². The van der Waals surface area contributed by atoms with Crippen molar-refractivity contribution in [3.63, 3.8) is 0 Å². The SMILES string of the molecule is COC[C@@H]1CN(Cc2ccc3nc(N4C[C@H]5CCO[C@H]5C4)ncc3c2)C[C@H]1Oc1ccc2c(c1)CN([C@H]1CCC(=O)NC1=O)C2=O. The maximum Gasteiger partial charge on any atom is 0.255 e. The number of carbonyl (C=O) groups is 3. The van der Waals surface area contributed by atoms with E-state index in [9.17, 15) is 14.4 Å². The van der Waals surface area contributed by atoms with Crippen LogP contribution in [0.1, 0.15) is 40.7 Å². The maximum atomic E-state index is 13.1. The summed E-state index contributed by atoms with van der Waals surface area (Å²) in [6.07, 6.45) is 3.83. The Balaban J connectivity index is 0.922. The van der Waals surface area contributed by atoms with Crippen LogP contribution in [0.3, 0.4) is 0 Å². The van der Waals surface area contributed by atoms with Crippen LogP contribution in [-0.4, -0.2) is 102 Å². The zero-order valence-electron chi connectivity index (χ0n) is 25.9. The van der Waals surface area contributed by atoms with E-state index in [1.54, 1.807) is 18.1 Å². The summed E-state index contributed by atoms with van der Waals surface area (Å²) in [4.78, 5) is 52.9. The fraction of sp³-hybridized carbons (Fsp3) is 0.500. The van der Waals surface area contributed by atoms with E-state index >= 15 is 0 Å². The molecule has 5 aliphatic heterocycles. The fourth-order valence-electron chi connectivity index (χ4n) is 7.79. The largest absolute Gasteiger partial charge is 0.489 e. The lowest BCUT2D eigenvalue weighted by Gasteiger charge is -2.29. The molecule has 0 spiro atoms. The van der Waals surface area contributed by atoms with Gasteiger partial charge < -0.3 is 24.0 Å². The number of amides is 3. The summed E-state index contributed by atoms with van der Waals surface area (Å²) in [7, 11) is 1.71. The van der Waals surface area contributed by atoms with Gasteiger partial charge in [0.25, 0.3) is 5.91 Å². The summed E-state index contributed by atoms with van der Waals surface area (Å²) in [6, 6.07) is 11.3. The van der Waals surface area contributed by atoms with Crippen molar-refractivity contribution in [3.05, 3.63) is 59.3 Å². The number of anilines is 1. The van der Waals surface area contributed by atoms with Crippen molar-refractivity contribution in [1.29, 1.82) is 0 Å². The Morgan fingerprint density at radius 1 is 1.04 bits per heavy atom. The highest BCUT2D eigenvalue weighted by Gasteiger charge is 2.40. The number of methoxy groups -OCH3 is 1. The molecule has 5 atom stereocenters. The highest BCUT2D eigenvalue weighted by Crippen LogP contribution is 2.33. The lowest BCUT2D eigenvalue weighted by molar-refractivity contribution is -0.136. The first-order valence-corrected chi connectivity index (χ1v) is 16.2. The first-order valence-electron chi connectivity index (χ1n) is 16.2. The number of benzene rings is 2. The van der Waals surface area contributed by atoms with Gasteiger partial charge in [0.1, 0.15) is 17.9 Å². The van der Waals surface area contributed by atoms with Crippen LogP contribution in [0, 0.1) is 11.8 Å². The molecule has 8 rings (SSSR count). The van der Waals surface area contributed by atoms with E-state index < -0.39 is 11.9 Å². The summed E-state index contributed by atoms with van der Waals surface area (Å²) in [5.74, 6) is 1.33. The Morgan fingerprint density at radius 2 is 1.96 bits per heavy atom. The number of ether oxygens (including phenoxy) is 3. The van der Waals surface area contributed by atoms with Gasteiger partial charge in [0.05, 0.1) is 18.2 Å². The van der Waals surface area contributed by atoms with E-state index in [0.29, 0.717) is 42.9 Å². The summed E-state index contributed by atoms with van der Waals surface area (Å²) < 4.78 is 18.0. The number of likely N-dealkylation sites (tertiary alicyclic amines) is 1. The summed E-state index contributed by atoms with van der Waals surface area (Å²) in [6.45, 7) is 5.91. The number of piperidine rings is 1. The van der Waals surface area contributed by atoms with Gasteiger partial charge in [-0.05, 0) is 54.3 Å². The summed E-state index contributed by atoms with van der Waals surface area (Å²) in [5, 5.41) is 3.38. The van der Waals surface area contributed by atoms with Gasteiger partial charge in [-0.1, -0.05) is 6.07 Å². The van der Waals surface area contributed by atoms with E-state index in [2.05, 4.69) is 33.3 Å². The van der Waals surface area contributed by atoms with Crippen LogP contribution >= 0.6 is 0 Å². The third-order valence-electron chi connectivity index (χ3n) is 10.1. The molecule has 1 N–H and O–H groups in total. The van der Waals surface area contributed by atoms with E-state index in [0.717, 1.165) is 68.2 Å². The molecular formula is C34H38N6O6. The van der Waals surface area contributed by atoms with Gasteiger partial charge in [-0.2, -0.15) is 0 Å². The van der Waals surface area contributed by atoms with E-state index in [1.807, 2.05) is 18.3 Å². The number of hydrogen-bond donors (Lipinski definition) is 1. The Kier molecular flexibility index (Phi) is 7.58. The van der Waals surface area contributed by atoms with Gasteiger partial charge in [0.2, 0.25) is 17.8 Å². The predicted octanol–water partition coefficient (Wildman–Crippen LogP) is 2.14. The van der Waals surface area contributed by atoms with Crippen LogP contribution in [0.5, 0.6) is 5.75 Å². The zero-order valence-corrected chi connectivity index (χ0v) is 25.9. The average Bonchev–Trinajstić information content (AvgIpc) is 3.81. The number of nitrogens with zero attached hydrogens (tertiary/aromatic N) is 5. The average molecular weight is 627 g/mol. The highest BCUT2D eigenvalue weighted by atomic mass is 16.5. The Morgan fingerprint density at radius 3 is 2.80 bits per heavy atom. The molecule has 0 radical (unpaired) electrons. The van der Waals surface area contributed by atoms with Gasteiger partial charge in [-0.3, -0.25) is 24.6 Å². The maximum absolute atomic E-state index is 13.1. The van der Waals surface area contributed by atoms with Gasteiger partial charge in [0, 0.05) is 88.4 Å². The van der Waals surface area contributed by atoms with Crippen molar-refractivity contribution in [3.8, 4) is 5.75 Å². The monoisotopic (exact) mass is 626 g/mol. The Hall–Kier alpha value is -4.13. The lowest BCUT2D eigenvalue weighted by Crippen LogP contribution is -2.52. The normalized spacial score (nSPS) is 27.8. The van der Waals surface area contributed by atoms with Crippen molar-refractivity contribution in [1.82, 2.24) is 25.1 Å². The predicted molar refractivity (Wildman–Crippen MR) is 167 cm³/mol. The molecule has 1 aromatic heterocycles. The van der Waals surface area contributed by atoms with E-state index in [-0.39, 0.29) is 30.3 Å². The number of hydrogen-bond acceptors (Lipinski definition) is 10. The van der Waals surface area contributed by atoms with Gasteiger partial charge >= 0.3 is 0 Å². The van der Waals surface area contributed by atoms with Crippen molar-refractivity contribution < 1.29 is 28.6 Å². The number of rotatable bonds is 8. The standard InChI is InChI=1S/C34H38N6O6/c1-44-19-24-14-38(13-20-2-5-27-22(10-20)12-35-34(36-27)39-15-21-8-9-45-29(21)18-39)17-30(24)46-25-3-4-26-23(11-25)16-40(33(26)43)28-6-7-31(41)37-32(28)42/h2-5,10-12,21,24,28-30H,6-9,13-19H2,1H3,(H,37,41,42)/t21-,24+,28+,29+,30-/m1/s1. The highest BCUT2D eigenvalue weighted by molar-refractivity contribution is 6.05. The van der Waals surface area contributed by atoms with Gasteiger partial charge in [-0.25, -0.2) is 9.97 Å². The van der Waals surface area contributed by atoms with Gasteiger partial charge in [0.15, 0.2) is 0 Å². The number of carbonyl (C=O) groups excluding carboxylic acids is 3.